The molecule has 0 radical (unpaired) electrons. The summed E-state index contributed by atoms with van der Waals surface area (Å²) in [5, 5.41) is 0.413. The minimum atomic E-state index is 0.413. The molecule has 2 aromatic rings. The van der Waals surface area contributed by atoms with Gasteiger partial charge in [-0.05, 0) is 31.0 Å². The summed E-state index contributed by atoms with van der Waals surface area (Å²) in [7, 11) is 0. The van der Waals surface area contributed by atoms with Crippen molar-refractivity contribution in [2.24, 2.45) is 0 Å². The summed E-state index contributed by atoms with van der Waals surface area (Å²) < 4.78 is 5.69. The van der Waals surface area contributed by atoms with E-state index >= 15 is 0 Å². The first kappa shape index (κ1) is 12.8. The van der Waals surface area contributed by atoms with Gasteiger partial charge in [0.05, 0.1) is 0 Å². The quantitative estimate of drug-likeness (QED) is 0.775. The van der Waals surface area contributed by atoms with Crippen molar-refractivity contribution in [1.29, 1.82) is 0 Å². The van der Waals surface area contributed by atoms with E-state index in [9.17, 15) is 0 Å². The zero-order valence-corrected chi connectivity index (χ0v) is 11.2. The highest BCUT2D eigenvalue weighted by Crippen LogP contribution is 2.22. The Hall–Kier alpha value is -1.61. The zero-order chi connectivity index (χ0) is 13.0. The van der Waals surface area contributed by atoms with Gasteiger partial charge in [-0.15, -0.1) is 0 Å². The van der Waals surface area contributed by atoms with Crippen molar-refractivity contribution >= 4 is 11.6 Å². The smallest absolute Gasteiger partial charge is 0.224 e. The molecule has 0 saturated carbocycles. The first-order chi connectivity index (χ1) is 8.67. The summed E-state index contributed by atoms with van der Waals surface area (Å²) in [4.78, 5) is 8.49. The summed E-state index contributed by atoms with van der Waals surface area (Å²) in [6.45, 7) is 4.09. The van der Waals surface area contributed by atoms with Crippen molar-refractivity contribution < 1.29 is 4.74 Å². The number of benzene rings is 1. The molecule has 0 spiro atoms. The second kappa shape index (κ2) is 5.83. The minimum absolute atomic E-state index is 0.413. The van der Waals surface area contributed by atoms with E-state index in [4.69, 9.17) is 16.3 Å². The molecule has 1 aromatic carbocycles. The predicted octanol–water partition coefficient (Wildman–Crippen LogP) is 4.18. The Morgan fingerprint density at radius 3 is 2.78 bits per heavy atom. The number of halogens is 1. The Kier molecular flexibility index (Phi) is 4.15. The summed E-state index contributed by atoms with van der Waals surface area (Å²) in [5.41, 5.74) is 1.14. The van der Waals surface area contributed by atoms with Gasteiger partial charge in [-0.3, -0.25) is 0 Å². The zero-order valence-electron chi connectivity index (χ0n) is 10.5. The monoisotopic (exact) mass is 262 g/mol. The maximum absolute atomic E-state index is 5.95. The van der Waals surface area contributed by atoms with Crippen LogP contribution in [0.4, 0.5) is 0 Å². The molecule has 0 atom stereocenters. The van der Waals surface area contributed by atoms with E-state index in [1.165, 1.54) is 0 Å². The topological polar surface area (TPSA) is 35.0 Å². The highest BCUT2D eigenvalue weighted by atomic mass is 35.5. The van der Waals surface area contributed by atoms with E-state index < -0.39 is 0 Å². The molecule has 0 aliphatic carbocycles. The Balaban J connectivity index is 2.23. The number of nitrogens with zero attached hydrogens (tertiary/aromatic N) is 2. The summed E-state index contributed by atoms with van der Waals surface area (Å²) >= 11 is 5.95. The lowest BCUT2D eigenvalue weighted by molar-refractivity contribution is 0.458. The average Bonchev–Trinajstić information content (AvgIpc) is 2.28. The molecule has 1 aromatic heterocycles. The van der Waals surface area contributed by atoms with E-state index in [0.717, 1.165) is 24.2 Å². The van der Waals surface area contributed by atoms with E-state index in [2.05, 4.69) is 16.9 Å². The van der Waals surface area contributed by atoms with Gasteiger partial charge in [0.15, 0.2) is 0 Å². The molecular formula is C14H15ClN2O. The SMILES string of the molecule is CCCc1nc(Cl)cc(Oc2cccc(C)c2)n1. The number of aromatic nitrogens is 2. The molecule has 0 saturated heterocycles. The third-order valence-electron chi connectivity index (χ3n) is 2.40. The molecule has 18 heavy (non-hydrogen) atoms. The maximum Gasteiger partial charge on any atom is 0.224 e. The summed E-state index contributed by atoms with van der Waals surface area (Å²) in [5.74, 6) is 1.96. The Bertz CT molecular complexity index is 543. The largest absolute Gasteiger partial charge is 0.439 e. The minimum Gasteiger partial charge on any atom is -0.439 e. The van der Waals surface area contributed by atoms with Gasteiger partial charge in [0.1, 0.15) is 16.7 Å². The second-order valence-corrected chi connectivity index (χ2v) is 4.50. The van der Waals surface area contributed by atoms with Gasteiger partial charge < -0.3 is 4.74 Å². The van der Waals surface area contributed by atoms with Crippen LogP contribution in [0.2, 0.25) is 5.15 Å². The van der Waals surface area contributed by atoms with Crippen molar-refractivity contribution in [3.05, 3.63) is 46.9 Å². The van der Waals surface area contributed by atoms with E-state index in [-0.39, 0.29) is 0 Å². The van der Waals surface area contributed by atoms with Gasteiger partial charge >= 0.3 is 0 Å². The van der Waals surface area contributed by atoms with Crippen molar-refractivity contribution in [3.8, 4) is 11.6 Å². The van der Waals surface area contributed by atoms with Crippen molar-refractivity contribution in [1.82, 2.24) is 9.97 Å². The standard InChI is InChI=1S/C14H15ClN2O/c1-3-5-13-16-12(15)9-14(17-13)18-11-7-4-6-10(2)8-11/h4,6-9H,3,5H2,1-2H3. The lowest BCUT2D eigenvalue weighted by Gasteiger charge is -2.07. The molecule has 2 rings (SSSR count). The van der Waals surface area contributed by atoms with E-state index in [0.29, 0.717) is 16.9 Å². The van der Waals surface area contributed by atoms with E-state index in [1.54, 1.807) is 6.07 Å². The van der Waals surface area contributed by atoms with Crippen LogP contribution in [0.1, 0.15) is 24.7 Å². The van der Waals surface area contributed by atoms with Gasteiger partial charge in [0.25, 0.3) is 0 Å². The lowest BCUT2D eigenvalue weighted by Crippen LogP contribution is -1.97. The fourth-order valence-electron chi connectivity index (χ4n) is 1.63. The maximum atomic E-state index is 5.95. The van der Waals surface area contributed by atoms with Gasteiger partial charge in [0, 0.05) is 12.5 Å². The van der Waals surface area contributed by atoms with Gasteiger partial charge in [-0.25, -0.2) is 4.98 Å². The van der Waals surface area contributed by atoms with Crippen LogP contribution in [0.3, 0.4) is 0 Å². The number of ether oxygens (including phenoxy) is 1. The van der Waals surface area contributed by atoms with Gasteiger partial charge in [-0.2, -0.15) is 4.98 Å². The van der Waals surface area contributed by atoms with Crippen LogP contribution < -0.4 is 4.74 Å². The van der Waals surface area contributed by atoms with Crippen molar-refractivity contribution in [2.75, 3.05) is 0 Å². The third kappa shape index (κ3) is 3.44. The van der Waals surface area contributed by atoms with Crippen LogP contribution in [-0.4, -0.2) is 9.97 Å². The number of rotatable bonds is 4. The third-order valence-corrected chi connectivity index (χ3v) is 2.60. The van der Waals surface area contributed by atoms with Crippen LogP contribution >= 0.6 is 11.6 Å². The normalized spacial score (nSPS) is 10.4. The first-order valence-corrected chi connectivity index (χ1v) is 6.33. The van der Waals surface area contributed by atoms with Gasteiger partial charge in [0.2, 0.25) is 5.88 Å². The number of hydrogen-bond donors (Lipinski definition) is 0. The molecule has 0 amide bonds. The average molecular weight is 263 g/mol. The molecule has 0 aliphatic rings. The fraction of sp³-hybridized carbons (Fsp3) is 0.286. The molecule has 0 unspecified atom stereocenters. The molecule has 0 aliphatic heterocycles. The summed E-state index contributed by atoms with van der Waals surface area (Å²) in [6.07, 6.45) is 1.77. The van der Waals surface area contributed by atoms with Crippen LogP contribution in [0, 0.1) is 6.92 Å². The molecule has 0 bridgehead atoms. The number of hydrogen-bond acceptors (Lipinski definition) is 3. The molecule has 94 valence electrons. The molecule has 0 fully saturated rings. The van der Waals surface area contributed by atoms with Gasteiger partial charge in [-0.1, -0.05) is 30.7 Å². The van der Waals surface area contributed by atoms with Crippen LogP contribution in [0.25, 0.3) is 0 Å². The summed E-state index contributed by atoms with van der Waals surface area (Å²) in [6, 6.07) is 9.43. The molecule has 4 heteroatoms. The predicted molar refractivity (Wildman–Crippen MR) is 72.3 cm³/mol. The van der Waals surface area contributed by atoms with Crippen LogP contribution in [0.15, 0.2) is 30.3 Å². The molecule has 1 heterocycles. The second-order valence-electron chi connectivity index (χ2n) is 4.11. The van der Waals surface area contributed by atoms with Crippen LogP contribution in [-0.2, 0) is 6.42 Å². The molecular weight excluding hydrogens is 248 g/mol. The molecule has 0 N–H and O–H groups in total. The van der Waals surface area contributed by atoms with E-state index in [1.807, 2.05) is 31.2 Å². The fourth-order valence-corrected chi connectivity index (χ4v) is 1.82. The Labute approximate surface area is 112 Å². The number of aryl methyl sites for hydroxylation is 2. The van der Waals surface area contributed by atoms with Crippen LogP contribution in [0.5, 0.6) is 11.6 Å². The Morgan fingerprint density at radius 1 is 1.22 bits per heavy atom. The lowest BCUT2D eigenvalue weighted by atomic mass is 10.2. The highest BCUT2D eigenvalue weighted by molar-refractivity contribution is 6.29. The first-order valence-electron chi connectivity index (χ1n) is 5.95. The Morgan fingerprint density at radius 2 is 2.06 bits per heavy atom. The van der Waals surface area contributed by atoms with Crippen molar-refractivity contribution in [3.63, 3.8) is 0 Å². The van der Waals surface area contributed by atoms with Crippen molar-refractivity contribution in [2.45, 2.75) is 26.7 Å². The highest BCUT2D eigenvalue weighted by Gasteiger charge is 2.05. The molecule has 3 nitrogen and oxygen atoms in total.